The lowest BCUT2D eigenvalue weighted by Gasteiger charge is -2.05. The highest BCUT2D eigenvalue weighted by atomic mass is 35.5. The SMILES string of the molecule is Clc1cccc(OCCSc2ccccn2)c1. The van der Waals surface area contributed by atoms with Gasteiger partial charge in [-0.3, -0.25) is 0 Å². The Hall–Kier alpha value is -1.19. The van der Waals surface area contributed by atoms with Crippen molar-refractivity contribution in [3.63, 3.8) is 0 Å². The molecular formula is C13H12ClNOS. The molecule has 1 aromatic heterocycles. The Labute approximate surface area is 110 Å². The fourth-order valence-corrected chi connectivity index (χ4v) is 2.16. The second-order valence-corrected chi connectivity index (χ2v) is 4.87. The molecule has 17 heavy (non-hydrogen) atoms. The quantitative estimate of drug-likeness (QED) is 0.605. The molecule has 0 amide bonds. The molecule has 0 aliphatic carbocycles. The molecule has 0 saturated heterocycles. The Bertz CT molecular complexity index is 464. The van der Waals surface area contributed by atoms with Gasteiger partial charge < -0.3 is 4.74 Å². The third kappa shape index (κ3) is 4.29. The number of benzene rings is 1. The zero-order chi connectivity index (χ0) is 11.9. The molecule has 0 fully saturated rings. The molecule has 0 unspecified atom stereocenters. The van der Waals surface area contributed by atoms with Crippen molar-refractivity contribution in [3.8, 4) is 5.75 Å². The number of ether oxygens (including phenoxy) is 1. The van der Waals surface area contributed by atoms with E-state index >= 15 is 0 Å². The molecule has 1 aromatic carbocycles. The normalized spacial score (nSPS) is 10.2. The number of aromatic nitrogens is 1. The second-order valence-electron chi connectivity index (χ2n) is 3.32. The van der Waals surface area contributed by atoms with E-state index in [1.54, 1.807) is 18.0 Å². The van der Waals surface area contributed by atoms with Crippen LogP contribution < -0.4 is 4.74 Å². The standard InChI is InChI=1S/C13H12ClNOS/c14-11-4-3-5-12(10-11)16-8-9-17-13-6-1-2-7-15-13/h1-7,10H,8-9H2. The van der Waals surface area contributed by atoms with E-state index in [1.807, 2.05) is 42.5 Å². The summed E-state index contributed by atoms with van der Waals surface area (Å²) in [4.78, 5) is 4.22. The van der Waals surface area contributed by atoms with Crippen LogP contribution >= 0.6 is 23.4 Å². The van der Waals surface area contributed by atoms with Gasteiger partial charge in [-0.05, 0) is 30.3 Å². The first kappa shape index (κ1) is 12.3. The van der Waals surface area contributed by atoms with Gasteiger partial charge in [0.05, 0.1) is 11.6 Å². The molecule has 0 N–H and O–H groups in total. The number of rotatable bonds is 5. The second kappa shape index (κ2) is 6.52. The van der Waals surface area contributed by atoms with E-state index in [4.69, 9.17) is 16.3 Å². The molecular weight excluding hydrogens is 254 g/mol. The summed E-state index contributed by atoms with van der Waals surface area (Å²) in [6.45, 7) is 0.640. The fourth-order valence-electron chi connectivity index (χ4n) is 1.30. The molecule has 0 spiro atoms. The molecule has 2 nitrogen and oxygen atoms in total. The minimum Gasteiger partial charge on any atom is -0.493 e. The molecule has 0 aliphatic heterocycles. The van der Waals surface area contributed by atoms with E-state index in [2.05, 4.69) is 4.98 Å². The average molecular weight is 266 g/mol. The largest absolute Gasteiger partial charge is 0.493 e. The number of nitrogens with zero attached hydrogens (tertiary/aromatic N) is 1. The Morgan fingerprint density at radius 3 is 2.88 bits per heavy atom. The zero-order valence-corrected chi connectivity index (χ0v) is 10.7. The van der Waals surface area contributed by atoms with Crippen LogP contribution in [0.5, 0.6) is 5.75 Å². The van der Waals surface area contributed by atoms with E-state index in [-0.39, 0.29) is 0 Å². The van der Waals surface area contributed by atoms with Gasteiger partial charge in [0.1, 0.15) is 5.75 Å². The minimum absolute atomic E-state index is 0.640. The predicted molar refractivity (Wildman–Crippen MR) is 71.9 cm³/mol. The monoisotopic (exact) mass is 265 g/mol. The zero-order valence-electron chi connectivity index (χ0n) is 9.17. The number of halogens is 1. The van der Waals surface area contributed by atoms with Crippen molar-refractivity contribution < 1.29 is 4.74 Å². The van der Waals surface area contributed by atoms with Crippen LogP contribution in [0.1, 0.15) is 0 Å². The maximum Gasteiger partial charge on any atom is 0.120 e. The van der Waals surface area contributed by atoms with Crippen LogP contribution in [-0.2, 0) is 0 Å². The summed E-state index contributed by atoms with van der Waals surface area (Å²) >= 11 is 7.53. The first-order valence-corrected chi connectivity index (χ1v) is 6.63. The van der Waals surface area contributed by atoms with Crippen molar-refractivity contribution in [3.05, 3.63) is 53.7 Å². The molecule has 0 saturated carbocycles. The first-order valence-electron chi connectivity index (χ1n) is 5.27. The van der Waals surface area contributed by atoms with Crippen LogP contribution in [0.3, 0.4) is 0 Å². The van der Waals surface area contributed by atoms with Crippen molar-refractivity contribution in [2.45, 2.75) is 5.03 Å². The molecule has 88 valence electrons. The van der Waals surface area contributed by atoms with Gasteiger partial charge in [-0.2, -0.15) is 0 Å². The van der Waals surface area contributed by atoms with Crippen LogP contribution in [-0.4, -0.2) is 17.3 Å². The van der Waals surface area contributed by atoms with Crippen molar-refractivity contribution in [1.82, 2.24) is 4.98 Å². The van der Waals surface area contributed by atoms with Crippen LogP contribution in [0, 0.1) is 0 Å². The Morgan fingerprint density at radius 1 is 1.18 bits per heavy atom. The summed E-state index contributed by atoms with van der Waals surface area (Å²) in [6.07, 6.45) is 1.79. The van der Waals surface area contributed by atoms with Crippen LogP contribution in [0.25, 0.3) is 0 Å². The van der Waals surface area contributed by atoms with Gasteiger partial charge in [-0.1, -0.05) is 23.7 Å². The third-order valence-electron chi connectivity index (χ3n) is 2.04. The van der Waals surface area contributed by atoms with E-state index in [9.17, 15) is 0 Å². The highest BCUT2D eigenvalue weighted by molar-refractivity contribution is 7.99. The van der Waals surface area contributed by atoms with Gasteiger partial charge in [-0.15, -0.1) is 11.8 Å². The van der Waals surface area contributed by atoms with E-state index in [0.717, 1.165) is 16.5 Å². The molecule has 0 bridgehead atoms. The lowest BCUT2D eigenvalue weighted by Crippen LogP contribution is -2.00. The lowest BCUT2D eigenvalue weighted by atomic mass is 10.3. The number of hydrogen-bond acceptors (Lipinski definition) is 3. The average Bonchev–Trinajstić information content (AvgIpc) is 2.36. The fraction of sp³-hybridized carbons (Fsp3) is 0.154. The number of hydrogen-bond donors (Lipinski definition) is 0. The van der Waals surface area contributed by atoms with Crippen LogP contribution in [0.4, 0.5) is 0 Å². The third-order valence-corrected chi connectivity index (χ3v) is 3.18. The van der Waals surface area contributed by atoms with Gasteiger partial charge >= 0.3 is 0 Å². The molecule has 1 heterocycles. The summed E-state index contributed by atoms with van der Waals surface area (Å²) < 4.78 is 5.58. The Morgan fingerprint density at radius 2 is 2.12 bits per heavy atom. The summed E-state index contributed by atoms with van der Waals surface area (Å²) in [5.41, 5.74) is 0. The number of thioether (sulfide) groups is 1. The van der Waals surface area contributed by atoms with E-state index < -0.39 is 0 Å². The highest BCUT2D eigenvalue weighted by Gasteiger charge is 1.97. The summed E-state index contributed by atoms with van der Waals surface area (Å²) in [5, 5.41) is 1.71. The highest BCUT2D eigenvalue weighted by Crippen LogP contribution is 2.18. The van der Waals surface area contributed by atoms with Crippen molar-refractivity contribution in [1.29, 1.82) is 0 Å². The van der Waals surface area contributed by atoms with Crippen LogP contribution in [0.2, 0.25) is 5.02 Å². The predicted octanol–water partition coefficient (Wildman–Crippen LogP) is 3.91. The van der Waals surface area contributed by atoms with Crippen molar-refractivity contribution in [2.75, 3.05) is 12.4 Å². The van der Waals surface area contributed by atoms with Gasteiger partial charge in [0.25, 0.3) is 0 Å². The molecule has 2 aromatic rings. The molecule has 4 heteroatoms. The minimum atomic E-state index is 0.640. The van der Waals surface area contributed by atoms with Crippen LogP contribution in [0.15, 0.2) is 53.7 Å². The first-order chi connectivity index (χ1) is 8.34. The smallest absolute Gasteiger partial charge is 0.120 e. The van der Waals surface area contributed by atoms with Gasteiger partial charge in [0, 0.05) is 17.0 Å². The van der Waals surface area contributed by atoms with E-state index in [1.165, 1.54) is 0 Å². The van der Waals surface area contributed by atoms with Gasteiger partial charge in [-0.25, -0.2) is 4.98 Å². The molecule has 0 radical (unpaired) electrons. The van der Waals surface area contributed by atoms with Gasteiger partial charge in [0.2, 0.25) is 0 Å². The van der Waals surface area contributed by atoms with E-state index in [0.29, 0.717) is 11.6 Å². The van der Waals surface area contributed by atoms with Crippen molar-refractivity contribution >= 4 is 23.4 Å². The maximum absolute atomic E-state index is 5.86. The Balaban J connectivity index is 1.73. The maximum atomic E-state index is 5.86. The summed E-state index contributed by atoms with van der Waals surface area (Å²) in [5.74, 6) is 1.67. The molecule has 0 aliphatic rings. The topological polar surface area (TPSA) is 22.1 Å². The Kier molecular flexibility index (Phi) is 4.71. The molecule has 2 rings (SSSR count). The summed E-state index contributed by atoms with van der Waals surface area (Å²) in [6, 6.07) is 13.3. The summed E-state index contributed by atoms with van der Waals surface area (Å²) in [7, 11) is 0. The lowest BCUT2D eigenvalue weighted by molar-refractivity contribution is 0.344. The number of pyridine rings is 1. The molecule has 0 atom stereocenters. The van der Waals surface area contributed by atoms with Gasteiger partial charge in [0.15, 0.2) is 0 Å². The van der Waals surface area contributed by atoms with Crippen molar-refractivity contribution in [2.24, 2.45) is 0 Å².